The Morgan fingerprint density at radius 3 is 2.18 bits per heavy atom. The number of hydrogen-bond donors (Lipinski definition) is 1. The Labute approximate surface area is 101 Å². The molecule has 17 heavy (non-hydrogen) atoms. The van der Waals surface area contributed by atoms with Crippen LogP contribution in [0.1, 0.15) is 26.7 Å². The zero-order valence-electron chi connectivity index (χ0n) is 10.6. The van der Waals surface area contributed by atoms with Crippen LogP contribution >= 0.6 is 0 Å². The monoisotopic (exact) mass is 245 g/mol. The first-order valence-corrected chi connectivity index (χ1v) is 5.40. The number of methoxy groups -OCH3 is 2. The summed E-state index contributed by atoms with van der Waals surface area (Å²) in [5.41, 5.74) is 0. The largest absolute Gasteiger partial charge is 0.469 e. The first kappa shape index (κ1) is 15.4. The highest BCUT2D eigenvalue weighted by atomic mass is 16.5. The van der Waals surface area contributed by atoms with Gasteiger partial charge in [0.15, 0.2) is 0 Å². The van der Waals surface area contributed by atoms with Gasteiger partial charge in [0.25, 0.3) is 0 Å². The molecule has 0 aliphatic carbocycles. The summed E-state index contributed by atoms with van der Waals surface area (Å²) in [6.45, 7) is 3.72. The van der Waals surface area contributed by atoms with Crippen molar-refractivity contribution in [3.8, 4) is 0 Å². The number of rotatable bonds is 6. The molecule has 98 valence electrons. The summed E-state index contributed by atoms with van der Waals surface area (Å²) in [4.78, 5) is 33.8. The van der Waals surface area contributed by atoms with Crippen molar-refractivity contribution in [1.82, 2.24) is 5.32 Å². The predicted molar refractivity (Wildman–Crippen MR) is 60.0 cm³/mol. The lowest BCUT2D eigenvalue weighted by atomic mass is 9.99. The first-order valence-electron chi connectivity index (χ1n) is 5.40. The summed E-state index contributed by atoms with van der Waals surface area (Å²) in [7, 11) is 2.45. The number of nitrogens with one attached hydrogen (secondary N) is 1. The molecule has 0 fully saturated rings. The van der Waals surface area contributed by atoms with Crippen LogP contribution in [-0.2, 0) is 23.9 Å². The molecule has 0 saturated heterocycles. The average Bonchev–Trinajstić information content (AvgIpc) is 2.33. The van der Waals surface area contributed by atoms with E-state index in [1.54, 1.807) is 0 Å². The summed E-state index contributed by atoms with van der Waals surface area (Å²) in [6.07, 6.45) is 0.304. The standard InChI is InChI=1S/C11H19NO5/c1-5-7(2)10(11(15)17-4)12-8(13)6-9(14)16-3/h7,10H,5-6H2,1-4H3,(H,12,13)/t7-,10+/m1/s1. The molecule has 0 unspecified atom stereocenters. The smallest absolute Gasteiger partial charge is 0.328 e. The van der Waals surface area contributed by atoms with E-state index in [4.69, 9.17) is 0 Å². The summed E-state index contributed by atoms with van der Waals surface area (Å²) in [5.74, 6) is -1.77. The molecule has 0 aromatic heterocycles. The third-order valence-corrected chi connectivity index (χ3v) is 2.52. The minimum Gasteiger partial charge on any atom is -0.469 e. The lowest BCUT2D eigenvalue weighted by molar-refractivity contribution is -0.149. The van der Waals surface area contributed by atoms with Gasteiger partial charge in [-0.05, 0) is 5.92 Å². The number of carbonyl (C=O) groups excluding carboxylic acids is 3. The maximum Gasteiger partial charge on any atom is 0.328 e. The molecule has 0 spiro atoms. The molecule has 0 aliphatic rings. The van der Waals surface area contributed by atoms with E-state index in [9.17, 15) is 14.4 Å². The third kappa shape index (κ3) is 5.33. The highest BCUT2D eigenvalue weighted by Crippen LogP contribution is 2.09. The van der Waals surface area contributed by atoms with Crippen LogP contribution in [-0.4, -0.2) is 38.1 Å². The molecule has 0 bridgehead atoms. The van der Waals surface area contributed by atoms with Crippen molar-refractivity contribution in [2.45, 2.75) is 32.7 Å². The Bertz CT molecular complexity index is 290. The van der Waals surface area contributed by atoms with Crippen molar-refractivity contribution >= 4 is 17.8 Å². The zero-order chi connectivity index (χ0) is 13.4. The molecule has 0 aromatic rings. The van der Waals surface area contributed by atoms with Gasteiger partial charge in [-0.3, -0.25) is 9.59 Å². The molecule has 0 aromatic carbocycles. The van der Waals surface area contributed by atoms with Crippen LogP contribution < -0.4 is 5.32 Å². The van der Waals surface area contributed by atoms with Crippen LogP contribution in [0.15, 0.2) is 0 Å². The zero-order valence-corrected chi connectivity index (χ0v) is 10.6. The van der Waals surface area contributed by atoms with Crippen LogP contribution in [0, 0.1) is 5.92 Å². The summed E-state index contributed by atoms with van der Waals surface area (Å²) < 4.78 is 8.96. The predicted octanol–water partition coefficient (Wildman–Crippen LogP) is 0.253. The van der Waals surface area contributed by atoms with Gasteiger partial charge in [0.05, 0.1) is 14.2 Å². The lowest BCUT2D eigenvalue weighted by Crippen LogP contribution is -2.46. The number of hydrogen-bond acceptors (Lipinski definition) is 5. The van der Waals surface area contributed by atoms with Crippen molar-refractivity contribution in [2.75, 3.05) is 14.2 Å². The van der Waals surface area contributed by atoms with Gasteiger partial charge in [0.2, 0.25) is 5.91 Å². The van der Waals surface area contributed by atoms with Crippen molar-refractivity contribution in [3.63, 3.8) is 0 Å². The lowest BCUT2D eigenvalue weighted by Gasteiger charge is -2.21. The normalized spacial score (nSPS) is 13.4. The number of carbonyl (C=O) groups is 3. The maximum atomic E-state index is 11.5. The number of ether oxygens (including phenoxy) is 2. The molecule has 0 radical (unpaired) electrons. The molecule has 6 heteroatoms. The molecular weight excluding hydrogens is 226 g/mol. The van der Waals surface area contributed by atoms with Crippen molar-refractivity contribution in [2.24, 2.45) is 5.92 Å². The van der Waals surface area contributed by atoms with E-state index in [-0.39, 0.29) is 5.92 Å². The highest BCUT2D eigenvalue weighted by Gasteiger charge is 2.27. The van der Waals surface area contributed by atoms with Gasteiger partial charge >= 0.3 is 11.9 Å². The van der Waals surface area contributed by atoms with E-state index in [1.807, 2.05) is 13.8 Å². The van der Waals surface area contributed by atoms with E-state index in [2.05, 4.69) is 14.8 Å². The molecule has 6 nitrogen and oxygen atoms in total. The Hall–Kier alpha value is -1.59. The van der Waals surface area contributed by atoms with Gasteiger partial charge in [-0.2, -0.15) is 0 Å². The second-order valence-corrected chi connectivity index (χ2v) is 3.71. The maximum absolute atomic E-state index is 11.5. The Morgan fingerprint density at radius 1 is 1.18 bits per heavy atom. The van der Waals surface area contributed by atoms with Gasteiger partial charge in [0, 0.05) is 0 Å². The van der Waals surface area contributed by atoms with Gasteiger partial charge in [-0.25, -0.2) is 4.79 Å². The van der Waals surface area contributed by atoms with Gasteiger partial charge < -0.3 is 14.8 Å². The second kappa shape index (κ2) is 7.65. The highest BCUT2D eigenvalue weighted by molar-refractivity contribution is 5.96. The average molecular weight is 245 g/mol. The molecule has 1 N–H and O–H groups in total. The van der Waals surface area contributed by atoms with E-state index >= 15 is 0 Å². The molecule has 1 amide bonds. The van der Waals surface area contributed by atoms with Gasteiger partial charge in [0.1, 0.15) is 12.5 Å². The molecular formula is C11H19NO5. The molecule has 2 atom stereocenters. The topological polar surface area (TPSA) is 81.7 Å². The number of amides is 1. The molecule has 0 aliphatic heterocycles. The fourth-order valence-corrected chi connectivity index (χ4v) is 1.22. The molecule has 0 rings (SSSR count). The van der Waals surface area contributed by atoms with E-state index in [1.165, 1.54) is 14.2 Å². The summed E-state index contributed by atoms with van der Waals surface area (Å²) in [5, 5.41) is 2.47. The summed E-state index contributed by atoms with van der Waals surface area (Å²) >= 11 is 0. The fraction of sp³-hybridized carbons (Fsp3) is 0.727. The van der Waals surface area contributed by atoms with Crippen LogP contribution in [0.5, 0.6) is 0 Å². The first-order chi connectivity index (χ1) is 7.96. The van der Waals surface area contributed by atoms with Crippen LogP contribution in [0.2, 0.25) is 0 Å². The van der Waals surface area contributed by atoms with Crippen LogP contribution in [0.4, 0.5) is 0 Å². The van der Waals surface area contributed by atoms with Crippen LogP contribution in [0.25, 0.3) is 0 Å². The Kier molecular flexibility index (Phi) is 6.93. The fourth-order valence-electron chi connectivity index (χ4n) is 1.22. The van der Waals surface area contributed by atoms with Crippen molar-refractivity contribution in [1.29, 1.82) is 0 Å². The van der Waals surface area contributed by atoms with E-state index in [0.717, 1.165) is 0 Å². The quantitative estimate of drug-likeness (QED) is 0.536. The van der Waals surface area contributed by atoms with Crippen molar-refractivity contribution in [3.05, 3.63) is 0 Å². The van der Waals surface area contributed by atoms with Gasteiger partial charge in [-0.15, -0.1) is 0 Å². The molecule has 0 saturated carbocycles. The summed E-state index contributed by atoms with van der Waals surface area (Å²) in [6, 6.07) is -0.734. The van der Waals surface area contributed by atoms with Crippen molar-refractivity contribution < 1.29 is 23.9 Å². The van der Waals surface area contributed by atoms with E-state index < -0.39 is 30.3 Å². The number of esters is 2. The minimum absolute atomic E-state index is 0.0657. The SMILES string of the molecule is CC[C@@H](C)[C@H](NC(=O)CC(=O)OC)C(=O)OC. The van der Waals surface area contributed by atoms with Crippen LogP contribution in [0.3, 0.4) is 0 Å². The van der Waals surface area contributed by atoms with E-state index in [0.29, 0.717) is 6.42 Å². The second-order valence-electron chi connectivity index (χ2n) is 3.71. The Morgan fingerprint density at radius 2 is 1.76 bits per heavy atom. The Balaban J connectivity index is 4.48. The van der Waals surface area contributed by atoms with Gasteiger partial charge in [-0.1, -0.05) is 20.3 Å². The molecule has 0 heterocycles. The minimum atomic E-state index is -0.734. The third-order valence-electron chi connectivity index (χ3n) is 2.52.